The number of piperidine rings is 1. The molecule has 184 valence electrons. The number of anilines is 1. The van der Waals surface area contributed by atoms with E-state index in [9.17, 15) is 31.9 Å². The second-order valence-electron chi connectivity index (χ2n) is 8.20. The molecule has 1 aliphatic heterocycles. The van der Waals surface area contributed by atoms with Crippen LogP contribution >= 0.6 is 0 Å². The van der Waals surface area contributed by atoms with Crippen molar-refractivity contribution in [2.24, 2.45) is 0 Å². The molecule has 1 aliphatic carbocycles. The molecule has 8 nitrogen and oxygen atoms in total. The van der Waals surface area contributed by atoms with Gasteiger partial charge in [-0.2, -0.15) is 4.98 Å². The number of nitrogens with one attached hydrogen (secondary N) is 1. The van der Waals surface area contributed by atoms with E-state index in [-0.39, 0.29) is 49.5 Å². The Bertz CT molecular complexity index is 1040. The van der Waals surface area contributed by atoms with Crippen molar-refractivity contribution in [2.45, 2.75) is 50.4 Å². The number of hydrogen-bond acceptors (Lipinski definition) is 6. The topological polar surface area (TPSA) is 90.8 Å². The van der Waals surface area contributed by atoms with Crippen LogP contribution in [0, 0.1) is 5.82 Å². The smallest absolute Gasteiger partial charge is 0.493 e. The molecule has 2 N–H and O–H groups in total. The van der Waals surface area contributed by atoms with Crippen molar-refractivity contribution in [3.63, 3.8) is 0 Å². The molecule has 1 aromatic carbocycles. The molecule has 0 bridgehead atoms. The number of rotatable bonds is 6. The molecule has 2 fully saturated rings. The maximum Gasteiger partial charge on any atom is 0.573 e. The molecule has 0 unspecified atom stereocenters. The Morgan fingerprint density at radius 3 is 2.65 bits per heavy atom. The number of amides is 2. The predicted octanol–water partition coefficient (Wildman–Crippen LogP) is 3.51. The van der Waals surface area contributed by atoms with Gasteiger partial charge in [-0.15, -0.1) is 13.2 Å². The van der Waals surface area contributed by atoms with Crippen molar-refractivity contribution in [2.75, 3.05) is 18.0 Å². The van der Waals surface area contributed by atoms with Crippen LogP contribution in [0.5, 0.6) is 11.6 Å². The van der Waals surface area contributed by atoms with Gasteiger partial charge in [-0.25, -0.2) is 18.6 Å². The first-order valence-electron chi connectivity index (χ1n) is 10.6. The minimum Gasteiger partial charge on any atom is -0.493 e. The Morgan fingerprint density at radius 2 is 2.00 bits per heavy atom. The molecule has 2 atom stereocenters. The lowest BCUT2D eigenvalue weighted by atomic mass is 10.0. The number of carbonyl (C=O) groups excluding carboxylic acids is 1. The van der Waals surface area contributed by atoms with Gasteiger partial charge in [-0.3, -0.25) is 0 Å². The first kappa shape index (κ1) is 23.8. The molecule has 2 aliphatic rings. The Kier molecular flexibility index (Phi) is 6.62. The van der Waals surface area contributed by atoms with E-state index in [1.807, 2.05) is 0 Å². The molecule has 1 saturated heterocycles. The summed E-state index contributed by atoms with van der Waals surface area (Å²) in [5.74, 6) is -1.78. The highest BCUT2D eigenvalue weighted by molar-refractivity contribution is 5.75. The molecule has 4 rings (SSSR count). The van der Waals surface area contributed by atoms with Gasteiger partial charge in [0.2, 0.25) is 11.8 Å². The second kappa shape index (κ2) is 9.47. The van der Waals surface area contributed by atoms with E-state index >= 15 is 0 Å². The quantitative estimate of drug-likeness (QED) is 0.607. The van der Waals surface area contributed by atoms with Crippen LogP contribution in [0.25, 0.3) is 0 Å². The van der Waals surface area contributed by atoms with Gasteiger partial charge in [-0.1, -0.05) is 6.07 Å². The molecule has 0 radical (unpaired) electrons. The average Bonchev–Trinajstić information content (AvgIpc) is 3.57. The zero-order valence-electron chi connectivity index (χ0n) is 17.8. The zero-order valence-corrected chi connectivity index (χ0v) is 17.8. The number of urea groups is 1. The number of nitrogens with zero attached hydrogens (tertiary/aromatic N) is 4. The third-order valence-corrected chi connectivity index (χ3v) is 5.54. The van der Waals surface area contributed by atoms with E-state index in [0.29, 0.717) is 6.07 Å². The van der Waals surface area contributed by atoms with Crippen LogP contribution in [0.4, 0.5) is 32.7 Å². The second-order valence-corrected chi connectivity index (χ2v) is 8.20. The highest BCUT2D eigenvalue weighted by Crippen LogP contribution is 2.33. The van der Waals surface area contributed by atoms with Gasteiger partial charge in [0.15, 0.2) is 0 Å². The monoisotopic (exact) mass is 487 g/mol. The standard InChI is InChI=1S/C21H22F5N5O3/c22-13-7-15(11-30(10-13)19-27-6-5-18(32)29-19)31(14-2-3-14)20(33)28-9-12-1-4-16(8-17(12)23)34-21(24,25)26/h1,4-6,8,13-15H,2-3,7,9-11H2,(H,28,33)(H,27,29,32)/t13-,15+/m0/s1. The summed E-state index contributed by atoms with van der Waals surface area (Å²) in [6.07, 6.45) is -3.30. The van der Waals surface area contributed by atoms with E-state index in [2.05, 4.69) is 20.0 Å². The summed E-state index contributed by atoms with van der Waals surface area (Å²) in [5.41, 5.74) is -0.0274. The summed E-state index contributed by atoms with van der Waals surface area (Å²) < 4.78 is 69.4. The zero-order chi connectivity index (χ0) is 24.5. The van der Waals surface area contributed by atoms with Crippen LogP contribution in [-0.2, 0) is 6.54 Å². The summed E-state index contributed by atoms with van der Waals surface area (Å²) in [6.45, 7) is -0.0192. The number of hydrogen-bond donors (Lipinski definition) is 2. The van der Waals surface area contributed by atoms with Gasteiger partial charge in [0.25, 0.3) is 0 Å². The van der Waals surface area contributed by atoms with Crippen LogP contribution in [0.2, 0.25) is 0 Å². The third kappa shape index (κ3) is 5.94. The summed E-state index contributed by atoms with van der Waals surface area (Å²) in [5, 5.41) is 12.2. The van der Waals surface area contributed by atoms with E-state index < -0.39 is 36.2 Å². The number of benzene rings is 1. The van der Waals surface area contributed by atoms with E-state index in [1.54, 1.807) is 4.90 Å². The highest BCUT2D eigenvalue weighted by Gasteiger charge is 2.41. The number of carbonyl (C=O) groups is 1. The maximum absolute atomic E-state index is 14.6. The predicted molar refractivity (Wildman–Crippen MR) is 109 cm³/mol. The lowest BCUT2D eigenvalue weighted by Gasteiger charge is -2.40. The van der Waals surface area contributed by atoms with Crippen molar-refractivity contribution in [3.05, 3.63) is 41.8 Å². The Hall–Kier alpha value is -3.38. The lowest BCUT2D eigenvalue weighted by Crippen LogP contribution is -2.56. The molecule has 0 spiro atoms. The number of aromatic hydroxyl groups is 1. The first-order valence-corrected chi connectivity index (χ1v) is 10.6. The van der Waals surface area contributed by atoms with Crippen LogP contribution < -0.4 is 15.0 Å². The van der Waals surface area contributed by atoms with Crippen molar-refractivity contribution in [1.82, 2.24) is 20.2 Å². The van der Waals surface area contributed by atoms with Crippen LogP contribution in [0.15, 0.2) is 30.5 Å². The summed E-state index contributed by atoms with van der Waals surface area (Å²) in [7, 11) is 0. The maximum atomic E-state index is 14.6. The molecule has 2 heterocycles. The summed E-state index contributed by atoms with van der Waals surface area (Å²) in [4.78, 5) is 24.0. The van der Waals surface area contributed by atoms with Crippen LogP contribution in [0.1, 0.15) is 24.8 Å². The normalized spacial score (nSPS) is 20.7. The summed E-state index contributed by atoms with van der Waals surface area (Å²) >= 11 is 0. The fourth-order valence-corrected chi connectivity index (χ4v) is 3.98. The number of alkyl halides is 4. The summed E-state index contributed by atoms with van der Waals surface area (Å²) in [6, 6.07) is 2.78. The SMILES string of the molecule is O=C(NCc1ccc(OC(F)(F)F)cc1F)N(C1CC1)[C@@H]1C[C@H](F)CN(c2nccc(O)n2)C1. The highest BCUT2D eigenvalue weighted by atomic mass is 19.4. The van der Waals surface area contributed by atoms with Crippen LogP contribution in [-0.4, -0.2) is 63.7 Å². The molecule has 2 aromatic rings. The van der Waals surface area contributed by atoms with Gasteiger partial charge in [0, 0.05) is 49.4 Å². The van der Waals surface area contributed by atoms with E-state index in [1.165, 1.54) is 17.2 Å². The number of ether oxygens (including phenoxy) is 1. The largest absolute Gasteiger partial charge is 0.573 e. The van der Waals surface area contributed by atoms with Gasteiger partial charge < -0.3 is 25.0 Å². The first-order chi connectivity index (χ1) is 16.1. The van der Waals surface area contributed by atoms with Gasteiger partial charge in [0.1, 0.15) is 17.7 Å². The fourth-order valence-electron chi connectivity index (χ4n) is 3.98. The van der Waals surface area contributed by atoms with Crippen molar-refractivity contribution < 1.29 is 36.6 Å². The molecule has 34 heavy (non-hydrogen) atoms. The van der Waals surface area contributed by atoms with Crippen LogP contribution in [0.3, 0.4) is 0 Å². The van der Waals surface area contributed by atoms with Gasteiger partial charge >= 0.3 is 12.4 Å². The molecule has 2 amide bonds. The molecule has 13 heteroatoms. The van der Waals surface area contributed by atoms with Crippen molar-refractivity contribution >= 4 is 12.0 Å². The average molecular weight is 487 g/mol. The Labute approximate surface area is 191 Å². The minimum atomic E-state index is -4.95. The Balaban J connectivity index is 1.43. The van der Waals surface area contributed by atoms with Crippen molar-refractivity contribution in [3.8, 4) is 11.6 Å². The fraction of sp³-hybridized carbons (Fsp3) is 0.476. The molecule has 1 aromatic heterocycles. The van der Waals surface area contributed by atoms with Gasteiger partial charge in [0.05, 0.1) is 12.6 Å². The Morgan fingerprint density at radius 1 is 1.24 bits per heavy atom. The molecule has 1 saturated carbocycles. The van der Waals surface area contributed by atoms with Gasteiger partial charge in [-0.05, 0) is 18.9 Å². The van der Waals surface area contributed by atoms with E-state index in [0.717, 1.165) is 25.0 Å². The number of aromatic nitrogens is 2. The molecular formula is C21H22F5N5O3. The molecular weight excluding hydrogens is 465 g/mol. The third-order valence-electron chi connectivity index (χ3n) is 5.54. The lowest BCUT2D eigenvalue weighted by molar-refractivity contribution is -0.274. The van der Waals surface area contributed by atoms with Crippen molar-refractivity contribution in [1.29, 1.82) is 0 Å². The minimum absolute atomic E-state index is 0.0115. The number of halogens is 5. The van der Waals surface area contributed by atoms with E-state index in [4.69, 9.17) is 0 Å².